The van der Waals surface area contributed by atoms with Crippen LogP contribution in [-0.2, 0) is 14.8 Å². The van der Waals surface area contributed by atoms with Crippen molar-refractivity contribution in [2.24, 2.45) is 0 Å². The summed E-state index contributed by atoms with van der Waals surface area (Å²) in [4.78, 5) is 0. The summed E-state index contributed by atoms with van der Waals surface area (Å²) in [5.41, 5.74) is -0.398. The van der Waals surface area contributed by atoms with E-state index in [1.54, 1.807) is 4.31 Å². The highest BCUT2D eigenvalue weighted by molar-refractivity contribution is 7.89. The molecule has 2 fully saturated rings. The third-order valence-electron chi connectivity index (χ3n) is 3.76. The van der Waals surface area contributed by atoms with E-state index in [4.69, 9.17) is 4.74 Å². The summed E-state index contributed by atoms with van der Waals surface area (Å²) in [5.74, 6) is 0.218. The molecule has 2 saturated heterocycles. The van der Waals surface area contributed by atoms with Crippen LogP contribution in [0.2, 0.25) is 0 Å². The first-order valence-corrected chi connectivity index (χ1v) is 8.78. The van der Waals surface area contributed by atoms with Crippen LogP contribution in [-0.4, -0.2) is 55.9 Å². The van der Waals surface area contributed by atoms with Crippen LogP contribution >= 0.6 is 0 Å². The number of hydrogen-bond donors (Lipinski definition) is 1. The van der Waals surface area contributed by atoms with Crippen molar-refractivity contribution in [3.63, 3.8) is 0 Å². The Balaban J connectivity index is 2.01. The summed E-state index contributed by atoms with van der Waals surface area (Å²) < 4.78 is 32.4. The smallest absolute Gasteiger partial charge is 0.215 e. The number of morpholine rings is 1. The molecule has 0 aromatic heterocycles. The van der Waals surface area contributed by atoms with Gasteiger partial charge in [0.25, 0.3) is 0 Å². The predicted molar refractivity (Wildman–Crippen MR) is 75.6 cm³/mol. The van der Waals surface area contributed by atoms with E-state index in [9.17, 15) is 8.42 Å². The van der Waals surface area contributed by atoms with E-state index in [-0.39, 0.29) is 17.9 Å². The lowest BCUT2D eigenvalue weighted by atomic mass is 10.1. The average Bonchev–Trinajstić information content (AvgIpc) is 2.27. The Labute approximate surface area is 116 Å². The molecule has 2 aliphatic heterocycles. The second-order valence-corrected chi connectivity index (χ2v) is 8.42. The molecule has 0 spiro atoms. The van der Waals surface area contributed by atoms with Crippen LogP contribution in [0, 0.1) is 0 Å². The molecular weight excluding hydrogens is 264 g/mol. The lowest BCUT2D eigenvalue weighted by Crippen LogP contribution is -2.55. The van der Waals surface area contributed by atoms with Gasteiger partial charge >= 0.3 is 0 Å². The summed E-state index contributed by atoms with van der Waals surface area (Å²) in [7, 11) is -3.20. The molecule has 0 saturated carbocycles. The minimum atomic E-state index is -3.20. The molecule has 0 aliphatic carbocycles. The Morgan fingerprint density at radius 3 is 2.68 bits per heavy atom. The first kappa shape index (κ1) is 15.2. The highest BCUT2D eigenvalue weighted by atomic mass is 32.2. The minimum absolute atomic E-state index is 0.0437. The van der Waals surface area contributed by atoms with Crippen molar-refractivity contribution >= 4 is 10.0 Å². The molecule has 19 heavy (non-hydrogen) atoms. The molecule has 0 amide bonds. The topological polar surface area (TPSA) is 58.6 Å². The van der Waals surface area contributed by atoms with Gasteiger partial charge in [-0.15, -0.1) is 0 Å². The molecule has 0 aromatic rings. The largest absolute Gasteiger partial charge is 0.370 e. The fraction of sp³-hybridized carbons (Fsp3) is 1.00. The number of piperidine rings is 1. The molecule has 5 nitrogen and oxygen atoms in total. The zero-order valence-corrected chi connectivity index (χ0v) is 13.0. The molecule has 112 valence electrons. The number of rotatable bonds is 3. The monoisotopic (exact) mass is 290 g/mol. The van der Waals surface area contributed by atoms with E-state index >= 15 is 0 Å². The van der Waals surface area contributed by atoms with Crippen LogP contribution in [0.15, 0.2) is 0 Å². The van der Waals surface area contributed by atoms with E-state index in [0.717, 1.165) is 25.8 Å². The second kappa shape index (κ2) is 5.68. The highest BCUT2D eigenvalue weighted by Gasteiger charge is 2.38. The maximum atomic E-state index is 12.5. The average molecular weight is 290 g/mol. The first-order valence-electron chi connectivity index (χ1n) is 7.17. The molecule has 2 unspecified atom stereocenters. The van der Waals surface area contributed by atoms with Crippen LogP contribution in [0.4, 0.5) is 0 Å². The third-order valence-corrected chi connectivity index (χ3v) is 5.64. The van der Waals surface area contributed by atoms with Gasteiger partial charge in [0.05, 0.1) is 17.5 Å². The maximum Gasteiger partial charge on any atom is 0.215 e. The zero-order valence-electron chi connectivity index (χ0n) is 12.2. The summed E-state index contributed by atoms with van der Waals surface area (Å²) in [6.07, 6.45) is 3.19. The number of nitrogens with one attached hydrogen (secondary N) is 1. The zero-order chi connectivity index (χ0) is 14.1. The van der Waals surface area contributed by atoms with Gasteiger partial charge in [-0.2, -0.15) is 4.31 Å². The van der Waals surface area contributed by atoms with Gasteiger partial charge in [0.15, 0.2) is 0 Å². The highest BCUT2D eigenvalue weighted by Crippen LogP contribution is 2.24. The molecule has 6 heteroatoms. The fourth-order valence-corrected chi connectivity index (χ4v) is 4.98. The number of sulfonamides is 1. The predicted octanol–water partition coefficient (Wildman–Crippen LogP) is 0.958. The quantitative estimate of drug-likeness (QED) is 0.841. The second-order valence-electron chi connectivity index (χ2n) is 6.41. The summed E-state index contributed by atoms with van der Waals surface area (Å²) in [6.45, 7) is 7.69. The lowest BCUT2D eigenvalue weighted by Gasteiger charge is -2.41. The van der Waals surface area contributed by atoms with Gasteiger partial charge in [0, 0.05) is 19.1 Å². The summed E-state index contributed by atoms with van der Waals surface area (Å²) in [6, 6.07) is 0.111. The Morgan fingerprint density at radius 1 is 1.37 bits per heavy atom. The van der Waals surface area contributed by atoms with E-state index < -0.39 is 15.6 Å². The number of nitrogens with zero attached hydrogens (tertiary/aromatic N) is 1. The van der Waals surface area contributed by atoms with E-state index in [2.05, 4.69) is 5.32 Å². The molecule has 2 rings (SSSR count). The molecule has 2 atom stereocenters. The van der Waals surface area contributed by atoms with Gasteiger partial charge in [-0.1, -0.05) is 6.42 Å². The Morgan fingerprint density at radius 2 is 2.11 bits per heavy atom. The van der Waals surface area contributed by atoms with Gasteiger partial charge in [-0.05, 0) is 40.2 Å². The molecule has 0 bridgehead atoms. The van der Waals surface area contributed by atoms with Crippen LogP contribution in [0.25, 0.3) is 0 Å². The van der Waals surface area contributed by atoms with Gasteiger partial charge in [0.2, 0.25) is 10.0 Å². The summed E-state index contributed by atoms with van der Waals surface area (Å²) in [5, 5.41) is 3.31. The van der Waals surface area contributed by atoms with Gasteiger partial charge < -0.3 is 10.1 Å². The van der Waals surface area contributed by atoms with E-state index in [1.165, 1.54) is 0 Å². The van der Waals surface area contributed by atoms with Gasteiger partial charge in [-0.25, -0.2) is 8.42 Å². The molecule has 0 aromatic carbocycles. The minimum Gasteiger partial charge on any atom is -0.370 e. The molecule has 1 N–H and O–H groups in total. The van der Waals surface area contributed by atoms with Gasteiger partial charge in [0.1, 0.15) is 0 Å². The maximum absolute atomic E-state index is 12.5. The molecule has 2 aliphatic rings. The van der Waals surface area contributed by atoms with Gasteiger partial charge in [-0.3, -0.25) is 0 Å². The van der Waals surface area contributed by atoms with Crippen LogP contribution in [0.3, 0.4) is 0 Å². The van der Waals surface area contributed by atoms with Crippen molar-refractivity contribution in [2.45, 2.75) is 57.8 Å². The number of ether oxygens (including phenoxy) is 1. The Hall–Kier alpha value is -0.170. The standard InChI is InChI=1S/C13H26N2O3S/c1-11-8-15(10-13(2,3)18-11)19(16,17)9-12-6-4-5-7-14-12/h11-12,14H,4-10H2,1-3H3. The molecular formula is C13H26N2O3S. The van der Waals surface area contributed by atoms with E-state index in [0.29, 0.717) is 13.1 Å². The van der Waals surface area contributed by atoms with Crippen molar-refractivity contribution in [2.75, 3.05) is 25.4 Å². The molecule has 0 radical (unpaired) electrons. The third kappa shape index (κ3) is 4.15. The van der Waals surface area contributed by atoms with Crippen molar-refractivity contribution < 1.29 is 13.2 Å². The van der Waals surface area contributed by atoms with Crippen molar-refractivity contribution in [3.8, 4) is 0 Å². The van der Waals surface area contributed by atoms with Crippen LogP contribution in [0.1, 0.15) is 40.0 Å². The Kier molecular flexibility index (Phi) is 4.55. The van der Waals surface area contributed by atoms with Crippen molar-refractivity contribution in [1.29, 1.82) is 0 Å². The van der Waals surface area contributed by atoms with E-state index in [1.807, 2.05) is 20.8 Å². The van der Waals surface area contributed by atoms with Crippen molar-refractivity contribution in [3.05, 3.63) is 0 Å². The fourth-order valence-electron chi connectivity index (χ4n) is 3.03. The SMILES string of the molecule is CC1CN(S(=O)(=O)CC2CCCCN2)CC(C)(C)O1. The van der Waals surface area contributed by atoms with Crippen LogP contribution < -0.4 is 5.32 Å². The van der Waals surface area contributed by atoms with Crippen molar-refractivity contribution in [1.82, 2.24) is 9.62 Å². The normalized spacial score (nSPS) is 33.2. The lowest BCUT2D eigenvalue weighted by molar-refractivity contribution is -0.109. The Bertz CT molecular complexity index is 402. The number of hydrogen-bond acceptors (Lipinski definition) is 4. The summed E-state index contributed by atoms with van der Waals surface area (Å²) >= 11 is 0. The van der Waals surface area contributed by atoms with Crippen LogP contribution in [0.5, 0.6) is 0 Å². The molecule has 2 heterocycles. The first-order chi connectivity index (χ1) is 8.78.